The summed E-state index contributed by atoms with van der Waals surface area (Å²) in [5.74, 6) is -0.857. The highest BCUT2D eigenvalue weighted by molar-refractivity contribution is 6.24. The van der Waals surface area contributed by atoms with Gasteiger partial charge in [-0.2, -0.15) is 4.73 Å². The maximum absolute atomic E-state index is 12.5. The van der Waals surface area contributed by atoms with Crippen LogP contribution >= 0.6 is 0 Å². The molecule has 0 aromatic carbocycles. The number of aliphatic hydroxyl groups excluding tert-OH is 2. The van der Waals surface area contributed by atoms with E-state index in [9.17, 15) is 19.9 Å². The molecule has 1 saturated heterocycles. The number of aliphatic hydroxyl groups is 2. The van der Waals surface area contributed by atoms with Gasteiger partial charge in [0.1, 0.15) is 5.69 Å². The molecule has 1 aliphatic heterocycles. The van der Waals surface area contributed by atoms with Gasteiger partial charge in [-0.1, -0.05) is 6.08 Å². The molecule has 21 heavy (non-hydrogen) atoms. The molecular weight excluding hydrogens is 276 g/mol. The van der Waals surface area contributed by atoms with E-state index in [0.717, 1.165) is 0 Å². The summed E-state index contributed by atoms with van der Waals surface area (Å²) in [6.45, 7) is 0.671. The third-order valence-corrected chi connectivity index (χ3v) is 3.58. The molecule has 7 heteroatoms. The molecule has 0 spiro atoms. The molecule has 2 heterocycles. The molecule has 3 N–H and O–H groups in total. The van der Waals surface area contributed by atoms with Gasteiger partial charge in [-0.3, -0.25) is 9.59 Å². The number of nitrogens with zero attached hydrogens (tertiary/aromatic N) is 2. The highest BCUT2D eigenvalue weighted by atomic mass is 16.5. The first-order chi connectivity index (χ1) is 10.1. The number of allylic oxidation sites excluding steroid dienone is 2. The largest absolute Gasteiger partial charge is 0.428 e. The molecular formula is C14H14N2O5. The Kier molecular flexibility index (Phi) is 3.15. The minimum Gasteiger partial charge on any atom is -0.428 e. The first kappa shape index (κ1) is 13.6. The maximum Gasteiger partial charge on any atom is 0.212 e. The lowest BCUT2D eigenvalue weighted by atomic mass is 9.95. The molecule has 2 aliphatic rings. The number of aromatic nitrogens is 1. The van der Waals surface area contributed by atoms with Crippen molar-refractivity contribution in [3.05, 3.63) is 40.4 Å². The lowest BCUT2D eigenvalue weighted by molar-refractivity contribution is 0.0935. The second-order valence-corrected chi connectivity index (χ2v) is 4.85. The highest BCUT2D eigenvalue weighted by Gasteiger charge is 2.38. The molecule has 7 nitrogen and oxygen atoms in total. The predicted molar refractivity (Wildman–Crippen MR) is 72.0 cm³/mol. The third kappa shape index (κ3) is 1.98. The molecule has 0 atom stereocenters. The molecule has 0 bridgehead atoms. The van der Waals surface area contributed by atoms with Gasteiger partial charge in [-0.25, -0.2) is 0 Å². The van der Waals surface area contributed by atoms with Gasteiger partial charge in [-0.05, 0) is 6.08 Å². The van der Waals surface area contributed by atoms with E-state index in [1.165, 1.54) is 18.2 Å². The summed E-state index contributed by atoms with van der Waals surface area (Å²) >= 11 is 0. The zero-order chi connectivity index (χ0) is 15.1. The minimum atomic E-state index is -0.493. The van der Waals surface area contributed by atoms with Crippen LogP contribution in [0.15, 0.2) is 17.8 Å². The monoisotopic (exact) mass is 290 g/mol. The van der Waals surface area contributed by atoms with E-state index >= 15 is 0 Å². The Morgan fingerprint density at radius 2 is 1.95 bits per heavy atom. The second-order valence-electron chi connectivity index (χ2n) is 4.85. The Hall–Kier alpha value is -2.38. The van der Waals surface area contributed by atoms with Crippen molar-refractivity contribution in [3.8, 4) is 0 Å². The molecule has 0 unspecified atom stereocenters. The van der Waals surface area contributed by atoms with E-state index in [0.29, 0.717) is 23.5 Å². The van der Waals surface area contributed by atoms with Crippen molar-refractivity contribution in [3.63, 3.8) is 0 Å². The van der Waals surface area contributed by atoms with Crippen molar-refractivity contribution in [1.82, 2.24) is 9.63 Å². The fourth-order valence-electron chi connectivity index (χ4n) is 2.50. The van der Waals surface area contributed by atoms with Crippen LogP contribution in [0.3, 0.4) is 0 Å². The first-order valence-electron chi connectivity index (χ1n) is 6.51. The quantitative estimate of drug-likeness (QED) is 0.524. The van der Waals surface area contributed by atoms with Crippen LogP contribution in [0.5, 0.6) is 0 Å². The van der Waals surface area contributed by atoms with Crippen molar-refractivity contribution in [2.24, 2.45) is 0 Å². The average molecular weight is 290 g/mol. The summed E-state index contributed by atoms with van der Waals surface area (Å²) in [5, 5.41) is 28.4. The summed E-state index contributed by atoms with van der Waals surface area (Å²) in [4.78, 5) is 26.4. The standard InChI is InChI=1S/C14H14N2O5/c17-5-1-2-9-8(7-18)12-13(16(9)21)11(19)6-10(14(12)20)15-3-4-15/h1-2,6,17-18,21H,3-5,7H2. The molecule has 0 radical (unpaired) electrons. The van der Waals surface area contributed by atoms with Gasteiger partial charge in [0, 0.05) is 24.7 Å². The van der Waals surface area contributed by atoms with Crippen molar-refractivity contribution in [2.45, 2.75) is 6.61 Å². The van der Waals surface area contributed by atoms with Gasteiger partial charge < -0.3 is 20.3 Å². The van der Waals surface area contributed by atoms with Crippen molar-refractivity contribution in [2.75, 3.05) is 19.7 Å². The van der Waals surface area contributed by atoms with Crippen LogP contribution in [0.25, 0.3) is 6.08 Å². The van der Waals surface area contributed by atoms with E-state index in [4.69, 9.17) is 5.11 Å². The van der Waals surface area contributed by atoms with Crippen LogP contribution < -0.4 is 0 Å². The van der Waals surface area contributed by atoms with Gasteiger partial charge in [-0.15, -0.1) is 0 Å². The van der Waals surface area contributed by atoms with Gasteiger partial charge >= 0.3 is 0 Å². The lowest BCUT2D eigenvalue weighted by Crippen LogP contribution is -2.23. The van der Waals surface area contributed by atoms with Crippen LogP contribution in [0, 0.1) is 0 Å². The summed E-state index contributed by atoms with van der Waals surface area (Å²) < 4.78 is 0.600. The van der Waals surface area contributed by atoms with Gasteiger partial charge in [0.05, 0.1) is 30.2 Å². The summed E-state index contributed by atoms with van der Waals surface area (Å²) in [5.41, 5.74) is 0.492. The third-order valence-electron chi connectivity index (χ3n) is 3.58. The number of ketones is 2. The van der Waals surface area contributed by atoms with Crippen molar-refractivity contribution in [1.29, 1.82) is 0 Å². The van der Waals surface area contributed by atoms with Crippen LogP contribution in [-0.4, -0.2) is 56.3 Å². The lowest BCUT2D eigenvalue weighted by Gasteiger charge is -2.14. The number of fused-ring (bicyclic) bond motifs is 1. The molecule has 1 aromatic heterocycles. The smallest absolute Gasteiger partial charge is 0.212 e. The predicted octanol–water partition coefficient (Wildman–Crippen LogP) is -0.198. The zero-order valence-electron chi connectivity index (χ0n) is 11.1. The van der Waals surface area contributed by atoms with Crippen molar-refractivity contribution < 1.29 is 25.0 Å². The summed E-state index contributed by atoms with van der Waals surface area (Å²) in [6.07, 6.45) is 3.92. The SMILES string of the molecule is O=C1C(N2CC2)=CC(=O)c2c1c(CO)c(C=CCO)n2O. The van der Waals surface area contributed by atoms with Crippen LogP contribution in [-0.2, 0) is 6.61 Å². The number of Topliss-reactive ketones (excluding diaryl/α,β-unsaturated/α-hetero) is 1. The number of carbonyl (C=O) groups excluding carboxylic acids is 2. The second kappa shape index (κ2) is 4.87. The highest BCUT2D eigenvalue weighted by Crippen LogP contribution is 2.32. The van der Waals surface area contributed by atoms with Crippen LogP contribution in [0.2, 0.25) is 0 Å². The Balaban J connectivity index is 2.19. The van der Waals surface area contributed by atoms with Gasteiger partial charge in [0.15, 0.2) is 0 Å². The number of rotatable bonds is 4. The molecule has 110 valence electrons. The molecule has 1 fully saturated rings. The Labute approximate surface area is 120 Å². The molecule has 1 aliphatic carbocycles. The molecule has 1 aromatic rings. The van der Waals surface area contributed by atoms with Crippen LogP contribution in [0.4, 0.5) is 0 Å². The van der Waals surface area contributed by atoms with Gasteiger partial charge in [0.2, 0.25) is 11.6 Å². The van der Waals surface area contributed by atoms with E-state index in [-0.39, 0.29) is 34.9 Å². The Morgan fingerprint density at radius 1 is 1.24 bits per heavy atom. The fourth-order valence-corrected chi connectivity index (χ4v) is 2.50. The summed E-state index contributed by atoms with van der Waals surface area (Å²) in [7, 11) is 0. The number of hydrogen-bond donors (Lipinski definition) is 3. The molecule has 0 saturated carbocycles. The fraction of sp³-hybridized carbons (Fsp3) is 0.286. The van der Waals surface area contributed by atoms with E-state index in [1.807, 2.05) is 0 Å². The van der Waals surface area contributed by atoms with E-state index in [1.54, 1.807) is 4.90 Å². The van der Waals surface area contributed by atoms with Crippen LogP contribution in [0.1, 0.15) is 32.1 Å². The number of hydrogen-bond acceptors (Lipinski definition) is 6. The zero-order valence-corrected chi connectivity index (χ0v) is 11.1. The van der Waals surface area contributed by atoms with E-state index in [2.05, 4.69) is 0 Å². The van der Waals surface area contributed by atoms with E-state index < -0.39 is 12.4 Å². The summed E-state index contributed by atoms with van der Waals surface area (Å²) in [6, 6.07) is 0. The Morgan fingerprint density at radius 3 is 2.52 bits per heavy atom. The average Bonchev–Trinajstić information content (AvgIpc) is 3.25. The topological polar surface area (TPSA) is 103 Å². The molecule has 3 rings (SSSR count). The van der Waals surface area contributed by atoms with Crippen molar-refractivity contribution >= 4 is 17.6 Å². The normalized spacial score (nSPS) is 17.4. The molecule has 0 amide bonds. The number of carbonyl (C=O) groups is 2. The minimum absolute atomic E-state index is 0.0342. The Bertz CT molecular complexity index is 695. The van der Waals surface area contributed by atoms with Gasteiger partial charge in [0.25, 0.3) is 0 Å². The first-order valence-corrected chi connectivity index (χ1v) is 6.51. The maximum atomic E-state index is 12.5.